The highest BCUT2D eigenvalue weighted by atomic mass is 19.1. The Balaban J connectivity index is 2.00. The molecular weight excluding hydrogens is 215 g/mol. The van der Waals surface area contributed by atoms with E-state index in [1.807, 2.05) is 6.07 Å². The summed E-state index contributed by atoms with van der Waals surface area (Å²) in [6, 6.07) is 7.13. The van der Waals surface area contributed by atoms with Gasteiger partial charge in [-0.2, -0.15) is 0 Å². The van der Waals surface area contributed by atoms with Gasteiger partial charge in [0.1, 0.15) is 5.82 Å². The predicted molar refractivity (Wildman–Crippen MR) is 68.0 cm³/mol. The molecule has 1 fully saturated rings. The zero-order valence-corrected chi connectivity index (χ0v) is 10.5. The van der Waals surface area contributed by atoms with Crippen LogP contribution in [0.3, 0.4) is 0 Å². The Bertz CT molecular complexity index is 348. The van der Waals surface area contributed by atoms with Crippen LogP contribution in [0.1, 0.15) is 44.2 Å². The molecule has 1 aliphatic rings. The van der Waals surface area contributed by atoms with Crippen LogP contribution in [0, 0.1) is 5.82 Å². The molecule has 1 heterocycles. The van der Waals surface area contributed by atoms with Gasteiger partial charge in [0.25, 0.3) is 0 Å². The van der Waals surface area contributed by atoms with Crippen LogP contribution < -0.4 is 5.43 Å². The second-order valence-corrected chi connectivity index (χ2v) is 4.69. The minimum atomic E-state index is -0.151. The van der Waals surface area contributed by atoms with Gasteiger partial charge in [-0.3, -0.25) is 0 Å². The first-order valence-corrected chi connectivity index (χ1v) is 6.56. The van der Waals surface area contributed by atoms with Gasteiger partial charge < -0.3 is 0 Å². The molecule has 3 heteroatoms. The normalized spacial score (nSPS) is 19.2. The van der Waals surface area contributed by atoms with Gasteiger partial charge in [-0.25, -0.2) is 14.8 Å². The summed E-state index contributed by atoms with van der Waals surface area (Å²) in [6.07, 6.45) is 4.81. The van der Waals surface area contributed by atoms with E-state index >= 15 is 0 Å². The van der Waals surface area contributed by atoms with Crippen molar-refractivity contribution >= 4 is 0 Å². The summed E-state index contributed by atoms with van der Waals surface area (Å²) in [5, 5.41) is 2.28. The lowest BCUT2D eigenvalue weighted by molar-refractivity contribution is 0.126. The summed E-state index contributed by atoms with van der Waals surface area (Å²) in [5.74, 6) is -0.151. The lowest BCUT2D eigenvalue weighted by atomic mass is 10.0. The molecule has 1 atom stereocenters. The molecule has 1 aromatic rings. The molecule has 2 nitrogen and oxygen atoms in total. The molecular formula is C14H21FN2. The predicted octanol–water partition coefficient (Wildman–Crippen LogP) is 3.27. The third kappa shape index (κ3) is 3.51. The van der Waals surface area contributed by atoms with Crippen LogP contribution in [0.15, 0.2) is 24.3 Å². The van der Waals surface area contributed by atoms with Gasteiger partial charge in [0, 0.05) is 19.1 Å². The van der Waals surface area contributed by atoms with Gasteiger partial charge in [-0.1, -0.05) is 25.5 Å². The molecule has 0 saturated carbocycles. The van der Waals surface area contributed by atoms with Crippen molar-refractivity contribution in [2.75, 3.05) is 13.1 Å². The molecule has 1 unspecified atom stereocenters. The van der Waals surface area contributed by atoms with E-state index in [0.29, 0.717) is 0 Å². The Morgan fingerprint density at radius 1 is 1.29 bits per heavy atom. The fourth-order valence-electron chi connectivity index (χ4n) is 2.37. The molecule has 94 valence electrons. The second kappa shape index (κ2) is 6.12. The van der Waals surface area contributed by atoms with E-state index in [1.165, 1.54) is 25.3 Å². The average molecular weight is 236 g/mol. The SMILES string of the molecule is CCC(NN1CCCCC1)c1cccc(F)c1. The summed E-state index contributed by atoms with van der Waals surface area (Å²) < 4.78 is 13.2. The summed E-state index contributed by atoms with van der Waals surface area (Å²) in [4.78, 5) is 0. The molecule has 17 heavy (non-hydrogen) atoms. The van der Waals surface area contributed by atoms with Crippen molar-refractivity contribution in [3.8, 4) is 0 Å². The molecule has 0 bridgehead atoms. The van der Waals surface area contributed by atoms with Crippen molar-refractivity contribution in [2.45, 2.75) is 38.6 Å². The van der Waals surface area contributed by atoms with Crippen molar-refractivity contribution in [1.29, 1.82) is 0 Å². The number of halogens is 1. The fraction of sp³-hybridized carbons (Fsp3) is 0.571. The minimum Gasteiger partial charge on any atom is -0.248 e. The minimum absolute atomic E-state index is 0.151. The number of nitrogens with one attached hydrogen (secondary N) is 1. The number of hydrogen-bond donors (Lipinski definition) is 1. The average Bonchev–Trinajstić information content (AvgIpc) is 2.37. The molecule has 1 aromatic carbocycles. The number of nitrogens with zero attached hydrogens (tertiary/aromatic N) is 1. The van der Waals surface area contributed by atoms with E-state index in [9.17, 15) is 4.39 Å². The first-order chi connectivity index (χ1) is 8.29. The van der Waals surface area contributed by atoms with E-state index in [1.54, 1.807) is 12.1 Å². The topological polar surface area (TPSA) is 15.3 Å². The molecule has 0 amide bonds. The lowest BCUT2D eigenvalue weighted by Crippen LogP contribution is -2.43. The third-order valence-electron chi connectivity index (χ3n) is 3.35. The maximum atomic E-state index is 13.2. The third-order valence-corrected chi connectivity index (χ3v) is 3.35. The summed E-state index contributed by atoms with van der Waals surface area (Å²) in [6.45, 7) is 4.34. The molecule has 0 aliphatic carbocycles. The van der Waals surface area contributed by atoms with Crippen LogP contribution in [-0.4, -0.2) is 18.1 Å². The number of hydrogen-bond acceptors (Lipinski definition) is 2. The summed E-state index contributed by atoms with van der Waals surface area (Å²) in [5.41, 5.74) is 4.56. The number of piperidine rings is 1. The van der Waals surface area contributed by atoms with Crippen molar-refractivity contribution in [3.63, 3.8) is 0 Å². The Labute approximate surface area is 103 Å². The van der Waals surface area contributed by atoms with Crippen molar-refractivity contribution in [1.82, 2.24) is 10.4 Å². The first-order valence-electron chi connectivity index (χ1n) is 6.56. The maximum absolute atomic E-state index is 13.2. The largest absolute Gasteiger partial charge is 0.248 e. The first kappa shape index (κ1) is 12.5. The van der Waals surface area contributed by atoms with Crippen LogP contribution in [0.2, 0.25) is 0 Å². The molecule has 0 radical (unpaired) electrons. The highest BCUT2D eigenvalue weighted by Crippen LogP contribution is 2.19. The summed E-state index contributed by atoms with van der Waals surface area (Å²) >= 11 is 0. The van der Waals surface area contributed by atoms with E-state index in [-0.39, 0.29) is 11.9 Å². The van der Waals surface area contributed by atoms with Gasteiger partial charge in [0.2, 0.25) is 0 Å². The van der Waals surface area contributed by atoms with Gasteiger partial charge in [-0.05, 0) is 37.0 Å². The standard InChI is InChI=1S/C14H21FN2/c1-2-14(12-7-6-8-13(15)11-12)16-17-9-4-3-5-10-17/h6-8,11,14,16H,2-5,9-10H2,1H3. The Morgan fingerprint density at radius 2 is 2.06 bits per heavy atom. The fourth-order valence-corrected chi connectivity index (χ4v) is 2.37. The van der Waals surface area contributed by atoms with Crippen molar-refractivity contribution in [3.05, 3.63) is 35.6 Å². The number of rotatable bonds is 4. The van der Waals surface area contributed by atoms with E-state index < -0.39 is 0 Å². The number of benzene rings is 1. The molecule has 0 aromatic heterocycles. The molecule has 2 rings (SSSR count). The van der Waals surface area contributed by atoms with Crippen LogP contribution in [0.4, 0.5) is 4.39 Å². The van der Waals surface area contributed by atoms with Gasteiger partial charge in [0.05, 0.1) is 0 Å². The number of hydrazine groups is 1. The zero-order chi connectivity index (χ0) is 12.1. The Morgan fingerprint density at radius 3 is 2.71 bits per heavy atom. The van der Waals surface area contributed by atoms with Crippen LogP contribution in [-0.2, 0) is 0 Å². The Hall–Kier alpha value is -0.930. The van der Waals surface area contributed by atoms with E-state index in [2.05, 4.69) is 17.4 Å². The van der Waals surface area contributed by atoms with Crippen molar-refractivity contribution in [2.24, 2.45) is 0 Å². The van der Waals surface area contributed by atoms with Crippen LogP contribution in [0.25, 0.3) is 0 Å². The highest BCUT2D eigenvalue weighted by molar-refractivity contribution is 5.19. The van der Waals surface area contributed by atoms with E-state index in [4.69, 9.17) is 0 Å². The smallest absolute Gasteiger partial charge is 0.123 e. The van der Waals surface area contributed by atoms with Gasteiger partial charge >= 0.3 is 0 Å². The van der Waals surface area contributed by atoms with Crippen molar-refractivity contribution < 1.29 is 4.39 Å². The molecule has 1 N–H and O–H groups in total. The van der Waals surface area contributed by atoms with E-state index in [0.717, 1.165) is 25.1 Å². The Kier molecular flexibility index (Phi) is 4.51. The lowest BCUT2D eigenvalue weighted by Gasteiger charge is -2.31. The van der Waals surface area contributed by atoms with Gasteiger partial charge in [-0.15, -0.1) is 0 Å². The molecule has 1 saturated heterocycles. The van der Waals surface area contributed by atoms with Crippen LogP contribution in [0.5, 0.6) is 0 Å². The monoisotopic (exact) mass is 236 g/mol. The summed E-state index contributed by atoms with van der Waals surface area (Å²) in [7, 11) is 0. The van der Waals surface area contributed by atoms with Gasteiger partial charge in [0.15, 0.2) is 0 Å². The quantitative estimate of drug-likeness (QED) is 0.863. The maximum Gasteiger partial charge on any atom is 0.123 e. The highest BCUT2D eigenvalue weighted by Gasteiger charge is 2.15. The molecule has 0 spiro atoms. The zero-order valence-electron chi connectivity index (χ0n) is 10.5. The second-order valence-electron chi connectivity index (χ2n) is 4.69. The van der Waals surface area contributed by atoms with Crippen LogP contribution >= 0.6 is 0 Å². The molecule has 1 aliphatic heterocycles.